The summed E-state index contributed by atoms with van der Waals surface area (Å²) in [5, 5.41) is 0.492. The molecule has 1 aliphatic heterocycles. The monoisotopic (exact) mass is 572 g/mol. The van der Waals surface area contributed by atoms with Crippen LogP contribution in [0.15, 0.2) is 96.2 Å². The molecule has 9 nitrogen and oxygen atoms in total. The maximum atomic E-state index is 13.8. The van der Waals surface area contributed by atoms with Crippen molar-refractivity contribution in [2.45, 2.75) is 18.0 Å². The molecule has 0 fully saturated rings. The number of carbonyl (C=O) groups is 1. The number of thiazole rings is 1. The number of rotatable bonds is 8. The fraction of sp³-hybridized carbons (Fsp3) is 0.138. The molecular formula is C29H24N4O5S2. The molecule has 11 heteroatoms. The van der Waals surface area contributed by atoms with Crippen molar-refractivity contribution in [3.63, 3.8) is 0 Å². The van der Waals surface area contributed by atoms with Crippen LogP contribution in [0.5, 0.6) is 11.5 Å². The highest BCUT2D eigenvalue weighted by Crippen LogP contribution is 2.40. The smallest absolute Gasteiger partial charge is 0.260 e. The first-order chi connectivity index (χ1) is 19.4. The number of pyridine rings is 1. The fourth-order valence-electron chi connectivity index (χ4n) is 4.35. The molecule has 3 heterocycles. The van der Waals surface area contributed by atoms with Crippen molar-refractivity contribution in [2.75, 3.05) is 18.7 Å². The van der Waals surface area contributed by atoms with Crippen molar-refractivity contribution in [3.05, 3.63) is 108 Å². The van der Waals surface area contributed by atoms with Gasteiger partial charge < -0.3 is 9.47 Å². The van der Waals surface area contributed by atoms with Gasteiger partial charge in [-0.15, -0.1) is 0 Å². The van der Waals surface area contributed by atoms with E-state index in [-0.39, 0.29) is 30.7 Å². The molecule has 40 heavy (non-hydrogen) atoms. The molecule has 6 rings (SSSR count). The minimum atomic E-state index is -3.76. The second kappa shape index (κ2) is 10.7. The van der Waals surface area contributed by atoms with Gasteiger partial charge in [0.05, 0.1) is 21.7 Å². The van der Waals surface area contributed by atoms with Crippen molar-refractivity contribution in [1.82, 2.24) is 14.3 Å². The quantitative estimate of drug-likeness (QED) is 0.255. The summed E-state index contributed by atoms with van der Waals surface area (Å²) in [5.41, 5.74) is 2.73. The van der Waals surface area contributed by atoms with Gasteiger partial charge in [-0.05, 0) is 41.5 Å². The van der Waals surface area contributed by atoms with Crippen LogP contribution in [0.1, 0.15) is 21.5 Å². The van der Waals surface area contributed by atoms with Gasteiger partial charge in [-0.2, -0.15) is 4.31 Å². The van der Waals surface area contributed by atoms with Crippen LogP contribution in [0.2, 0.25) is 0 Å². The molecule has 2 aromatic heterocycles. The van der Waals surface area contributed by atoms with Crippen LogP contribution in [0.25, 0.3) is 10.2 Å². The molecule has 0 radical (unpaired) electrons. The lowest BCUT2D eigenvalue weighted by atomic mass is 10.2. The van der Waals surface area contributed by atoms with Gasteiger partial charge in [-0.25, -0.2) is 13.4 Å². The first-order valence-corrected chi connectivity index (χ1v) is 14.7. The first-order valence-electron chi connectivity index (χ1n) is 12.4. The van der Waals surface area contributed by atoms with Gasteiger partial charge >= 0.3 is 0 Å². The van der Waals surface area contributed by atoms with Gasteiger partial charge in [-0.3, -0.25) is 14.7 Å². The molecular weight excluding hydrogens is 548 g/mol. The maximum Gasteiger partial charge on any atom is 0.260 e. The molecule has 1 amide bonds. The summed E-state index contributed by atoms with van der Waals surface area (Å²) in [5.74, 6) is 0.940. The Morgan fingerprint density at radius 3 is 2.38 bits per heavy atom. The van der Waals surface area contributed by atoms with E-state index in [4.69, 9.17) is 14.5 Å². The Morgan fingerprint density at radius 2 is 1.65 bits per heavy atom. The van der Waals surface area contributed by atoms with E-state index in [0.717, 1.165) is 15.8 Å². The predicted molar refractivity (Wildman–Crippen MR) is 152 cm³/mol. The summed E-state index contributed by atoms with van der Waals surface area (Å²) in [6, 6.07) is 22.7. The molecule has 0 saturated carbocycles. The highest BCUT2D eigenvalue weighted by molar-refractivity contribution is 7.89. The Balaban J connectivity index is 1.29. The first kappa shape index (κ1) is 25.9. The number of anilines is 1. The third kappa shape index (κ3) is 5.14. The lowest BCUT2D eigenvalue weighted by Gasteiger charge is -2.21. The van der Waals surface area contributed by atoms with Crippen LogP contribution in [0.3, 0.4) is 0 Å². The molecule has 0 N–H and O–H groups in total. The van der Waals surface area contributed by atoms with Crippen molar-refractivity contribution < 1.29 is 22.7 Å². The normalized spacial score (nSPS) is 12.7. The molecule has 0 atom stereocenters. The van der Waals surface area contributed by atoms with Crippen LogP contribution >= 0.6 is 11.3 Å². The van der Waals surface area contributed by atoms with Crippen molar-refractivity contribution in [3.8, 4) is 11.5 Å². The van der Waals surface area contributed by atoms with Crippen molar-refractivity contribution in [2.24, 2.45) is 0 Å². The van der Waals surface area contributed by atoms with Gasteiger partial charge in [-0.1, -0.05) is 47.7 Å². The van der Waals surface area contributed by atoms with E-state index in [9.17, 15) is 13.2 Å². The zero-order valence-corrected chi connectivity index (χ0v) is 23.1. The molecule has 202 valence electrons. The van der Waals surface area contributed by atoms with E-state index < -0.39 is 10.0 Å². The highest BCUT2D eigenvalue weighted by Gasteiger charge is 2.26. The van der Waals surface area contributed by atoms with E-state index in [0.29, 0.717) is 27.7 Å². The number of sulfonamides is 1. The zero-order chi connectivity index (χ0) is 27.7. The minimum absolute atomic E-state index is 0.107. The Hall–Kier alpha value is -4.32. The lowest BCUT2D eigenvalue weighted by Crippen LogP contribution is -2.30. The number of hydrogen-bond acceptors (Lipinski definition) is 8. The third-order valence-corrected chi connectivity index (χ3v) is 9.33. The second-order valence-electron chi connectivity index (χ2n) is 9.19. The van der Waals surface area contributed by atoms with E-state index in [1.165, 1.54) is 47.0 Å². The number of nitrogens with zero attached hydrogens (tertiary/aromatic N) is 4. The summed E-state index contributed by atoms with van der Waals surface area (Å²) in [4.78, 5) is 24.4. The highest BCUT2D eigenvalue weighted by atomic mass is 32.2. The van der Waals surface area contributed by atoms with Gasteiger partial charge in [0.1, 0.15) is 0 Å². The topological polar surface area (TPSA) is 102 Å². The number of ether oxygens (including phenoxy) is 2. The summed E-state index contributed by atoms with van der Waals surface area (Å²) in [7, 11) is -2.22. The van der Waals surface area contributed by atoms with Crippen LogP contribution in [-0.2, 0) is 23.1 Å². The van der Waals surface area contributed by atoms with Gasteiger partial charge in [0.15, 0.2) is 16.6 Å². The summed E-state index contributed by atoms with van der Waals surface area (Å²) < 4.78 is 39.5. The molecule has 0 spiro atoms. The van der Waals surface area contributed by atoms with Crippen LogP contribution in [-0.4, -0.2) is 42.4 Å². The van der Waals surface area contributed by atoms with E-state index in [2.05, 4.69) is 4.98 Å². The molecule has 0 bridgehead atoms. The van der Waals surface area contributed by atoms with Gasteiger partial charge in [0.25, 0.3) is 5.91 Å². The average Bonchev–Trinajstić information content (AvgIpc) is 3.61. The van der Waals surface area contributed by atoms with Crippen molar-refractivity contribution >= 4 is 42.6 Å². The van der Waals surface area contributed by atoms with Gasteiger partial charge in [0.2, 0.25) is 16.8 Å². The standard InChI is InChI=1S/C29H24N4O5S2/c1-32(17-20-6-3-2-4-7-20)40(35,36)23-11-9-22(10-12-23)28(34)33(18-21-8-5-13-30-16-21)29-31-24-14-25-26(38-19-37-25)15-27(24)39-29/h2-16H,17-19H2,1H3. The zero-order valence-electron chi connectivity index (χ0n) is 21.4. The number of amides is 1. The van der Waals surface area contributed by atoms with Crippen LogP contribution in [0, 0.1) is 0 Å². The van der Waals surface area contributed by atoms with E-state index in [1.807, 2.05) is 42.5 Å². The minimum Gasteiger partial charge on any atom is -0.454 e. The third-order valence-electron chi connectivity index (χ3n) is 6.47. The Bertz CT molecular complexity index is 1740. The molecule has 0 aliphatic carbocycles. The molecule has 1 aliphatic rings. The number of fused-ring (bicyclic) bond motifs is 2. The molecule has 0 unspecified atom stereocenters. The van der Waals surface area contributed by atoms with E-state index in [1.54, 1.807) is 29.4 Å². The second-order valence-corrected chi connectivity index (χ2v) is 12.2. The Labute approximate surface area is 235 Å². The maximum absolute atomic E-state index is 13.8. The Morgan fingerprint density at radius 1 is 0.925 bits per heavy atom. The summed E-state index contributed by atoms with van der Waals surface area (Å²) in [6.45, 7) is 0.637. The van der Waals surface area contributed by atoms with E-state index >= 15 is 0 Å². The summed E-state index contributed by atoms with van der Waals surface area (Å²) in [6.07, 6.45) is 3.37. The SMILES string of the molecule is CN(Cc1ccccc1)S(=O)(=O)c1ccc(C(=O)N(Cc2cccnc2)c2nc3cc4c(cc3s2)OCO4)cc1. The number of aromatic nitrogens is 2. The molecule has 0 saturated heterocycles. The fourth-order valence-corrected chi connectivity index (χ4v) is 6.49. The largest absolute Gasteiger partial charge is 0.454 e. The number of benzene rings is 3. The predicted octanol–water partition coefficient (Wildman–Crippen LogP) is 5.09. The molecule has 3 aromatic carbocycles. The summed E-state index contributed by atoms with van der Waals surface area (Å²) >= 11 is 1.36. The number of hydrogen-bond donors (Lipinski definition) is 0. The Kier molecular flexibility index (Phi) is 6.93. The lowest BCUT2D eigenvalue weighted by molar-refractivity contribution is 0.0985. The van der Waals surface area contributed by atoms with Gasteiger partial charge in [0, 0.05) is 43.7 Å². The van der Waals surface area contributed by atoms with Crippen LogP contribution in [0.4, 0.5) is 5.13 Å². The van der Waals surface area contributed by atoms with Crippen LogP contribution < -0.4 is 14.4 Å². The number of carbonyl (C=O) groups excluding carboxylic acids is 1. The van der Waals surface area contributed by atoms with Crippen molar-refractivity contribution in [1.29, 1.82) is 0 Å². The molecule has 5 aromatic rings. The average molecular weight is 573 g/mol.